The van der Waals surface area contributed by atoms with Crippen LogP contribution < -0.4 is 5.32 Å². The van der Waals surface area contributed by atoms with Crippen LogP contribution in [0.15, 0.2) is 0 Å². The number of hydrogen-bond acceptors (Lipinski definition) is 1. The van der Waals surface area contributed by atoms with Gasteiger partial charge in [0, 0.05) is 6.04 Å². The van der Waals surface area contributed by atoms with Crippen molar-refractivity contribution >= 4 is 0 Å². The van der Waals surface area contributed by atoms with Crippen LogP contribution in [-0.2, 0) is 0 Å². The van der Waals surface area contributed by atoms with E-state index < -0.39 is 0 Å². The van der Waals surface area contributed by atoms with Crippen molar-refractivity contribution in [1.29, 1.82) is 0 Å². The molecule has 0 aromatic rings. The zero-order chi connectivity index (χ0) is 13.7. The van der Waals surface area contributed by atoms with Gasteiger partial charge in [-0.25, -0.2) is 0 Å². The fourth-order valence-corrected chi connectivity index (χ4v) is 4.10. The van der Waals surface area contributed by atoms with E-state index in [-0.39, 0.29) is 0 Å². The van der Waals surface area contributed by atoms with Gasteiger partial charge in [0.2, 0.25) is 0 Å². The first-order valence-corrected chi connectivity index (χ1v) is 8.79. The Morgan fingerprint density at radius 3 is 2.21 bits per heavy atom. The molecule has 112 valence electrons. The molecule has 2 saturated carbocycles. The molecule has 0 saturated heterocycles. The van der Waals surface area contributed by atoms with E-state index in [1.165, 1.54) is 70.8 Å². The van der Waals surface area contributed by atoms with E-state index in [0.29, 0.717) is 5.41 Å². The summed E-state index contributed by atoms with van der Waals surface area (Å²) < 4.78 is 0. The van der Waals surface area contributed by atoms with Crippen molar-refractivity contribution in [3.63, 3.8) is 0 Å². The summed E-state index contributed by atoms with van der Waals surface area (Å²) in [6.07, 6.45) is 14.5. The highest BCUT2D eigenvalue weighted by Crippen LogP contribution is 2.36. The second kappa shape index (κ2) is 7.11. The molecule has 1 N–H and O–H groups in total. The molecule has 2 aliphatic rings. The number of hydrogen-bond donors (Lipinski definition) is 1. The first-order valence-electron chi connectivity index (χ1n) is 8.79. The zero-order valence-corrected chi connectivity index (χ0v) is 13.5. The highest BCUT2D eigenvalue weighted by Gasteiger charge is 2.27. The van der Waals surface area contributed by atoms with E-state index in [1.54, 1.807) is 0 Å². The van der Waals surface area contributed by atoms with Gasteiger partial charge in [-0.05, 0) is 62.3 Å². The minimum atomic E-state index is 0.512. The lowest BCUT2D eigenvalue weighted by atomic mass is 9.76. The molecular formula is C18H35N. The molecule has 2 fully saturated rings. The second-order valence-corrected chi connectivity index (χ2v) is 8.18. The molecule has 0 aromatic heterocycles. The predicted octanol–water partition coefficient (Wildman–Crippen LogP) is 5.15. The van der Waals surface area contributed by atoms with Crippen molar-refractivity contribution in [2.45, 2.75) is 91.0 Å². The highest BCUT2D eigenvalue weighted by atomic mass is 14.9. The normalized spacial score (nSPS) is 31.1. The monoisotopic (exact) mass is 265 g/mol. The van der Waals surface area contributed by atoms with E-state index in [9.17, 15) is 0 Å². The van der Waals surface area contributed by atoms with Crippen LogP contribution in [0, 0.1) is 17.3 Å². The van der Waals surface area contributed by atoms with Crippen LogP contribution in [0.25, 0.3) is 0 Å². The van der Waals surface area contributed by atoms with E-state index in [2.05, 4.69) is 26.1 Å². The Bertz CT molecular complexity index is 247. The van der Waals surface area contributed by atoms with Crippen molar-refractivity contribution in [2.75, 3.05) is 6.54 Å². The molecule has 0 heterocycles. The van der Waals surface area contributed by atoms with E-state index in [0.717, 1.165) is 17.9 Å². The predicted molar refractivity (Wildman–Crippen MR) is 84.4 cm³/mol. The van der Waals surface area contributed by atoms with E-state index in [1.807, 2.05) is 0 Å². The lowest BCUT2D eigenvalue weighted by molar-refractivity contribution is 0.213. The Morgan fingerprint density at radius 2 is 1.53 bits per heavy atom. The molecule has 0 radical (unpaired) electrons. The van der Waals surface area contributed by atoms with Crippen LogP contribution in [0.1, 0.15) is 85.0 Å². The fraction of sp³-hybridized carbons (Fsp3) is 1.00. The molecule has 0 amide bonds. The summed E-state index contributed by atoms with van der Waals surface area (Å²) in [6, 6.07) is 0.814. The summed E-state index contributed by atoms with van der Waals surface area (Å²) in [5, 5.41) is 3.90. The van der Waals surface area contributed by atoms with Gasteiger partial charge in [-0.1, -0.05) is 46.5 Å². The van der Waals surface area contributed by atoms with E-state index in [4.69, 9.17) is 0 Å². The summed E-state index contributed by atoms with van der Waals surface area (Å²) in [5.74, 6) is 1.92. The highest BCUT2D eigenvalue weighted by molar-refractivity contribution is 4.82. The van der Waals surface area contributed by atoms with Gasteiger partial charge in [0.15, 0.2) is 0 Å². The summed E-state index contributed by atoms with van der Waals surface area (Å²) in [7, 11) is 0. The van der Waals surface area contributed by atoms with Crippen molar-refractivity contribution in [1.82, 2.24) is 5.32 Å². The SMILES string of the molecule is CC(C)(C)C1CCCC(NCC2CCCCC2)CC1. The fourth-order valence-electron chi connectivity index (χ4n) is 4.10. The average Bonchev–Trinajstić information content (AvgIpc) is 2.62. The Kier molecular flexibility index (Phi) is 5.74. The molecular weight excluding hydrogens is 230 g/mol. The van der Waals surface area contributed by atoms with Crippen LogP contribution in [-0.4, -0.2) is 12.6 Å². The molecule has 0 spiro atoms. The first-order chi connectivity index (χ1) is 9.05. The topological polar surface area (TPSA) is 12.0 Å². The largest absolute Gasteiger partial charge is 0.314 e. The van der Waals surface area contributed by atoms with Crippen LogP contribution in [0.4, 0.5) is 0 Å². The Hall–Kier alpha value is -0.0400. The van der Waals surface area contributed by atoms with Gasteiger partial charge in [0.1, 0.15) is 0 Å². The quantitative estimate of drug-likeness (QED) is 0.696. The minimum absolute atomic E-state index is 0.512. The molecule has 2 unspecified atom stereocenters. The third-order valence-electron chi connectivity index (χ3n) is 5.61. The Labute approximate surface area is 120 Å². The average molecular weight is 265 g/mol. The Morgan fingerprint density at radius 1 is 0.789 bits per heavy atom. The van der Waals surface area contributed by atoms with Crippen molar-refractivity contribution in [3.8, 4) is 0 Å². The van der Waals surface area contributed by atoms with Gasteiger partial charge >= 0.3 is 0 Å². The maximum atomic E-state index is 3.90. The molecule has 19 heavy (non-hydrogen) atoms. The second-order valence-electron chi connectivity index (χ2n) is 8.18. The summed E-state index contributed by atoms with van der Waals surface area (Å²) in [5.41, 5.74) is 0.512. The Balaban J connectivity index is 1.70. The molecule has 0 aliphatic heterocycles. The maximum absolute atomic E-state index is 3.90. The summed E-state index contributed by atoms with van der Waals surface area (Å²) in [4.78, 5) is 0. The number of nitrogens with one attached hydrogen (secondary N) is 1. The van der Waals surface area contributed by atoms with Crippen molar-refractivity contribution in [3.05, 3.63) is 0 Å². The van der Waals surface area contributed by atoms with E-state index >= 15 is 0 Å². The third-order valence-corrected chi connectivity index (χ3v) is 5.61. The van der Waals surface area contributed by atoms with Gasteiger partial charge in [-0.3, -0.25) is 0 Å². The molecule has 2 aliphatic carbocycles. The lowest BCUT2D eigenvalue weighted by Gasteiger charge is -2.30. The minimum Gasteiger partial charge on any atom is -0.314 e. The van der Waals surface area contributed by atoms with Crippen molar-refractivity contribution in [2.24, 2.45) is 17.3 Å². The van der Waals surface area contributed by atoms with Gasteiger partial charge < -0.3 is 5.32 Å². The van der Waals surface area contributed by atoms with Gasteiger partial charge in [-0.15, -0.1) is 0 Å². The van der Waals surface area contributed by atoms with Crippen LogP contribution in [0.2, 0.25) is 0 Å². The van der Waals surface area contributed by atoms with Crippen LogP contribution >= 0.6 is 0 Å². The molecule has 2 rings (SSSR count). The number of rotatable bonds is 3. The standard InChI is InChI=1S/C18H35N/c1-18(2,3)16-10-7-11-17(13-12-16)19-14-15-8-5-4-6-9-15/h15-17,19H,4-14H2,1-3H3. The van der Waals surface area contributed by atoms with Gasteiger partial charge in [0.05, 0.1) is 0 Å². The summed E-state index contributed by atoms with van der Waals surface area (Å²) >= 11 is 0. The molecule has 1 heteroatoms. The smallest absolute Gasteiger partial charge is 0.00672 e. The third kappa shape index (κ3) is 5.10. The van der Waals surface area contributed by atoms with Crippen LogP contribution in [0.5, 0.6) is 0 Å². The van der Waals surface area contributed by atoms with Crippen LogP contribution in [0.3, 0.4) is 0 Å². The molecule has 0 bridgehead atoms. The summed E-state index contributed by atoms with van der Waals surface area (Å²) in [6.45, 7) is 8.57. The maximum Gasteiger partial charge on any atom is 0.00672 e. The van der Waals surface area contributed by atoms with Gasteiger partial charge in [0.25, 0.3) is 0 Å². The molecule has 1 nitrogen and oxygen atoms in total. The molecule has 0 aromatic carbocycles. The zero-order valence-electron chi connectivity index (χ0n) is 13.5. The lowest BCUT2D eigenvalue weighted by Crippen LogP contribution is -2.34. The van der Waals surface area contributed by atoms with Gasteiger partial charge in [-0.2, -0.15) is 0 Å². The van der Waals surface area contributed by atoms with Crippen molar-refractivity contribution < 1.29 is 0 Å². The molecule has 2 atom stereocenters. The first kappa shape index (κ1) is 15.4.